The van der Waals surface area contributed by atoms with Gasteiger partial charge in [0.2, 0.25) is 0 Å². The molecule has 1 aliphatic carbocycles. The molecule has 0 heterocycles. The van der Waals surface area contributed by atoms with Gasteiger partial charge in [0.05, 0.1) is 12.7 Å². The number of hydrogen-bond donors (Lipinski definition) is 1. The number of fused-ring (bicyclic) bond motifs is 1. The molecule has 0 atom stereocenters. The molecular formula is C24H29NO3. The molecule has 0 unspecified atom stereocenters. The summed E-state index contributed by atoms with van der Waals surface area (Å²) in [5.74, 6) is -0.597. The zero-order valence-electron chi connectivity index (χ0n) is 17.6. The fourth-order valence-electron chi connectivity index (χ4n) is 3.93. The largest absolute Gasteiger partial charge is 0.465 e. The van der Waals surface area contributed by atoms with E-state index in [1.165, 1.54) is 18.2 Å². The molecule has 2 aromatic rings. The maximum Gasteiger partial charge on any atom is 0.337 e. The molecule has 1 aliphatic rings. The van der Waals surface area contributed by atoms with Gasteiger partial charge in [-0.15, -0.1) is 0 Å². The molecule has 4 heteroatoms. The number of rotatable bonds is 3. The van der Waals surface area contributed by atoms with Gasteiger partial charge in [-0.05, 0) is 71.6 Å². The van der Waals surface area contributed by atoms with Gasteiger partial charge in [0.1, 0.15) is 0 Å². The predicted octanol–water partition coefficient (Wildman–Crippen LogP) is 5.38. The Labute approximate surface area is 167 Å². The normalized spacial score (nSPS) is 16.8. The van der Waals surface area contributed by atoms with Crippen LogP contribution >= 0.6 is 0 Å². The van der Waals surface area contributed by atoms with Crippen LogP contribution in [0.1, 0.15) is 77.9 Å². The molecule has 2 aromatic carbocycles. The summed E-state index contributed by atoms with van der Waals surface area (Å²) < 4.78 is 4.77. The zero-order chi connectivity index (χ0) is 20.7. The number of hydrogen-bond acceptors (Lipinski definition) is 3. The van der Waals surface area contributed by atoms with Crippen molar-refractivity contribution in [3.05, 3.63) is 64.2 Å². The number of nitrogens with one attached hydrogen (secondary N) is 1. The quantitative estimate of drug-likeness (QED) is 0.728. The summed E-state index contributed by atoms with van der Waals surface area (Å²) in [5.41, 5.74) is 5.28. The Morgan fingerprint density at radius 2 is 1.50 bits per heavy atom. The lowest BCUT2D eigenvalue weighted by molar-refractivity contribution is 0.0600. The summed E-state index contributed by atoms with van der Waals surface area (Å²) in [5, 5.41) is 2.95. The molecule has 0 saturated carbocycles. The minimum absolute atomic E-state index is 0.0435. The number of ether oxygens (including phenoxy) is 1. The predicted molar refractivity (Wildman–Crippen MR) is 112 cm³/mol. The lowest BCUT2D eigenvalue weighted by atomic mass is 9.63. The van der Waals surface area contributed by atoms with E-state index in [2.05, 4.69) is 39.1 Å². The van der Waals surface area contributed by atoms with Gasteiger partial charge in [-0.1, -0.05) is 39.8 Å². The molecule has 0 fully saturated rings. The SMILES string of the molecule is COC(=O)c1ccc(C)c(NC(=O)c2ccc3c(c2)C(C)(C)CCC3(C)C)c1. The van der Waals surface area contributed by atoms with Crippen LogP contribution in [-0.4, -0.2) is 19.0 Å². The van der Waals surface area contributed by atoms with Crippen molar-refractivity contribution in [1.82, 2.24) is 0 Å². The molecule has 0 aliphatic heterocycles. The minimum atomic E-state index is -0.423. The third-order valence-electron chi connectivity index (χ3n) is 6.02. The third-order valence-corrected chi connectivity index (χ3v) is 6.02. The number of benzene rings is 2. The molecule has 0 spiro atoms. The molecule has 0 radical (unpaired) electrons. The van der Waals surface area contributed by atoms with Crippen molar-refractivity contribution >= 4 is 17.6 Å². The number of methoxy groups -OCH3 is 1. The highest BCUT2D eigenvalue weighted by Gasteiger charge is 2.37. The Balaban J connectivity index is 1.94. The second-order valence-electron chi connectivity index (χ2n) is 9.00. The molecule has 28 heavy (non-hydrogen) atoms. The van der Waals surface area contributed by atoms with Crippen LogP contribution in [0, 0.1) is 6.92 Å². The van der Waals surface area contributed by atoms with E-state index in [0.29, 0.717) is 16.8 Å². The lowest BCUT2D eigenvalue weighted by Gasteiger charge is -2.42. The van der Waals surface area contributed by atoms with Gasteiger partial charge in [-0.3, -0.25) is 4.79 Å². The molecule has 0 aromatic heterocycles. The first kappa shape index (κ1) is 20.1. The smallest absolute Gasteiger partial charge is 0.337 e. The van der Waals surface area contributed by atoms with Crippen molar-refractivity contribution in [2.45, 2.75) is 58.3 Å². The fraction of sp³-hybridized carbons (Fsp3) is 0.417. The van der Waals surface area contributed by atoms with E-state index in [0.717, 1.165) is 18.4 Å². The second kappa shape index (κ2) is 7.08. The van der Waals surface area contributed by atoms with Crippen LogP contribution in [0.25, 0.3) is 0 Å². The van der Waals surface area contributed by atoms with Crippen molar-refractivity contribution in [2.75, 3.05) is 12.4 Å². The number of anilines is 1. The Morgan fingerprint density at radius 3 is 2.14 bits per heavy atom. The number of esters is 1. The monoisotopic (exact) mass is 379 g/mol. The lowest BCUT2D eigenvalue weighted by Crippen LogP contribution is -2.34. The first-order valence-electron chi connectivity index (χ1n) is 9.70. The van der Waals surface area contributed by atoms with E-state index in [1.807, 2.05) is 19.1 Å². The number of aryl methyl sites for hydroxylation is 1. The van der Waals surface area contributed by atoms with Crippen molar-refractivity contribution in [2.24, 2.45) is 0 Å². The van der Waals surface area contributed by atoms with Crippen LogP contribution in [0.15, 0.2) is 36.4 Å². The summed E-state index contributed by atoms with van der Waals surface area (Å²) in [4.78, 5) is 24.7. The van der Waals surface area contributed by atoms with Crippen LogP contribution in [0.2, 0.25) is 0 Å². The van der Waals surface area contributed by atoms with Gasteiger partial charge in [-0.25, -0.2) is 4.79 Å². The molecule has 1 N–H and O–H groups in total. The molecule has 148 valence electrons. The van der Waals surface area contributed by atoms with Crippen LogP contribution in [0.4, 0.5) is 5.69 Å². The summed E-state index contributed by atoms with van der Waals surface area (Å²) in [6.07, 6.45) is 2.23. The van der Waals surface area contributed by atoms with E-state index in [9.17, 15) is 9.59 Å². The second-order valence-corrected chi connectivity index (χ2v) is 9.00. The van der Waals surface area contributed by atoms with Crippen LogP contribution < -0.4 is 5.32 Å². The van der Waals surface area contributed by atoms with Gasteiger partial charge >= 0.3 is 5.97 Å². The van der Waals surface area contributed by atoms with Crippen LogP contribution in [0.5, 0.6) is 0 Å². The molecule has 3 rings (SSSR count). The Hall–Kier alpha value is -2.62. The summed E-state index contributed by atoms with van der Waals surface area (Å²) >= 11 is 0. The summed E-state index contributed by atoms with van der Waals surface area (Å²) in [7, 11) is 1.34. The Bertz CT molecular complexity index is 941. The summed E-state index contributed by atoms with van der Waals surface area (Å²) in [6, 6.07) is 11.2. The highest BCUT2D eigenvalue weighted by Crippen LogP contribution is 2.45. The van der Waals surface area contributed by atoms with Crippen molar-refractivity contribution in [1.29, 1.82) is 0 Å². The van der Waals surface area contributed by atoms with Crippen LogP contribution in [-0.2, 0) is 15.6 Å². The molecule has 0 bridgehead atoms. The topological polar surface area (TPSA) is 55.4 Å². The molecule has 0 saturated heterocycles. The van der Waals surface area contributed by atoms with Gasteiger partial charge in [0, 0.05) is 11.3 Å². The number of carbonyl (C=O) groups is 2. The van der Waals surface area contributed by atoms with Crippen molar-refractivity contribution in [3.63, 3.8) is 0 Å². The first-order chi connectivity index (χ1) is 13.0. The summed E-state index contributed by atoms with van der Waals surface area (Å²) in [6.45, 7) is 10.9. The van der Waals surface area contributed by atoms with E-state index in [-0.39, 0.29) is 16.7 Å². The standard InChI is InChI=1S/C24H29NO3/c1-15-7-8-17(22(27)28-6)14-20(15)25-21(26)16-9-10-18-19(13-16)24(4,5)12-11-23(18,2)3/h7-10,13-14H,11-12H2,1-6H3,(H,25,26). The highest BCUT2D eigenvalue weighted by atomic mass is 16.5. The number of amides is 1. The zero-order valence-corrected chi connectivity index (χ0v) is 17.6. The maximum atomic E-state index is 12.9. The van der Waals surface area contributed by atoms with E-state index in [1.54, 1.807) is 18.2 Å². The first-order valence-corrected chi connectivity index (χ1v) is 9.70. The van der Waals surface area contributed by atoms with E-state index < -0.39 is 5.97 Å². The van der Waals surface area contributed by atoms with Gasteiger partial charge in [0.25, 0.3) is 5.91 Å². The van der Waals surface area contributed by atoms with E-state index >= 15 is 0 Å². The Kier molecular flexibility index (Phi) is 5.09. The minimum Gasteiger partial charge on any atom is -0.465 e. The van der Waals surface area contributed by atoms with Gasteiger partial charge in [-0.2, -0.15) is 0 Å². The third kappa shape index (κ3) is 3.68. The van der Waals surface area contributed by atoms with Gasteiger partial charge in [0.15, 0.2) is 0 Å². The van der Waals surface area contributed by atoms with E-state index in [4.69, 9.17) is 4.74 Å². The Morgan fingerprint density at radius 1 is 0.893 bits per heavy atom. The fourth-order valence-corrected chi connectivity index (χ4v) is 3.93. The molecular weight excluding hydrogens is 350 g/mol. The van der Waals surface area contributed by atoms with Crippen LogP contribution in [0.3, 0.4) is 0 Å². The average molecular weight is 380 g/mol. The molecule has 4 nitrogen and oxygen atoms in total. The maximum absolute atomic E-state index is 12.9. The van der Waals surface area contributed by atoms with Crippen molar-refractivity contribution < 1.29 is 14.3 Å². The highest BCUT2D eigenvalue weighted by molar-refractivity contribution is 6.05. The van der Waals surface area contributed by atoms with Gasteiger partial charge < -0.3 is 10.1 Å². The number of carbonyl (C=O) groups excluding carboxylic acids is 2. The average Bonchev–Trinajstić information content (AvgIpc) is 2.66. The molecule has 1 amide bonds. The van der Waals surface area contributed by atoms with Crippen molar-refractivity contribution in [3.8, 4) is 0 Å².